The second-order valence-corrected chi connectivity index (χ2v) is 7.96. The molecule has 1 aliphatic heterocycles. The maximum atomic E-state index is 13.0. The highest BCUT2D eigenvalue weighted by Gasteiger charge is 2.36. The van der Waals surface area contributed by atoms with E-state index in [1.165, 1.54) is 11.3 Å². The fourth-order valence-electron chi connectivity index (χ4n) is 3.70. The van der Waals surface area contributed by atoms with Crippen molar-refractivity contribution in [2.45, 2.75) is 50.7 Å². The lowest BCUT2D eigenvalue weighted by molar-refractivity contribution is -0.153. The summed E-state index contributed by atoms with van der Waals surface area (Å²) in [6.45, 7) is 0.700. The zero-order valence-corrected chi connectivity index (χ0v) is 17.5. The van der Waals surface area contributed by atoms with Crippen LogP contribution in [0.5, 0.6) is 5.75 Å². The van der Waals surface area contributed by atoms with Gasteiger partial charge in [0.1, 0.15) is 17.9 Å². The van der Waals surface area contributed by atoms with Gasteiger partial charge in [0.05, 0.1) is 18.0 Å². The summed E-state index contributed by atoms with van der Waals surface area (Å²) < 4.78 is 11.4. The number of benzene rings is 1. The van der Waals surface area contributed by atoms with Gasteiger partial charge in [0.2, 0.25) is 5.91 Å². The third-order valence-corrected chi connectivity index (χ3v) is 5.82. The quantitative estimate of drug-likeness (QED) is 0.694. The van der Waals surface area contributed by atoms with Crippen LogP contribution in [-0.4, -0.2) is 55.0 Å². The average Bonchev–Trinajstić information content (AvgIpc) is 2.69. The summed E-state index contributed by atoms with van der Waals surface area (Å²) in [6.07, 6.45) is 4.80. The highest BCUT2D eigenvalue weighted by molar-refractivity contribution is 9.10. The lowest BCUT2D eigenvalue weighted by Crippen LogP contribution is -2.58. The van der Waals surface area contributed by atoms with Crippen LogP contribution >= 0.6 is 15.9 Å². The number of piperazine rings is 1. The molecule has 7 nitrogen and oxygen atoms in total. The molecule has 2 fully saturated rings. The molecule has 1 N–H and O–H groups in total. The van der Waals surface area contributed by atoms with Gasteiger partial charge in [-0.3, -0.25) is 14.4 Å². The van der Waals surface area contributed by atoms with E-state index in [1.54, 1.807) is 25.3 Å². The third-order valence-electron chi connectivity index (χ3n) is 5.20. The zero-order chi connectivity index (χ0) is 20.1. The molecule has 0 radical (unpaired) electrons. The Kier molecular flexibility index (Phi) is 6.93. The molecular weight excluding hydrogens is 428 g/mol. The molecule has 0 spiro atoms. The molecule has 1 saturated heterocycles. The Morgan fingerprint density at radius 1 is 1.25 bits per heavy atom. The molecule has 2 amide bonds. The number of esters is 1. The van der Waals surface area contributed by atoms with Gasteiger partial charge < -0.3 is 19.7 Å². The van der Waals surface area contributed by atoms with Crippen LogP contribution < -0.4 is 10.1 Å². The highest BCUT2D eigenvalue weighted by atomic mass is 79.9. The van der Waals surface area contributed by atoms with Crippen molar-refractivity contribution in [2.24, 2.45) is 0 Å². The Labute approximate surface area is 172 Å². The van der Waals surface area contributed by atoms with E-state index in [9.17, 15) is 14.4 Å². The topological polar surface area (TPSA) is 84.9 Å². The Morgan fingerprint density at radius 3 is 2.68 bits per heavy atom. The summed E-state index contributed by atoms with van der Waals surface area (Å²) in [4.78, 5) is 39.3. The van der Waals surface area contributed by atoms with Crippen molar-refractivity contribution in [3.8, 4) is 5.75 Å². The molecule has 1 aromatic rings. The molecule has 1 heterocycles. The standard InChI is InChI=1S/C20H25BrN2O5/c1-27-17-8-7-13(11-15(17)21)20(26)23-10-9-22-19(25)16(23)12-18(24)28-14-5-3-2-4-6-14/h7-8,11,14,16H,2-6,9-10,12H2,1H3,(H,22,25). The van der Waals surface area contributed by atoms with Crippen molar-refractivity contribution in [3.63, 3.8) is 0 Å². The lowest BCUT2D eigenvalue weighted by Gasteiger charge is -2.35. The zero-order valence-electron chi connectivity index (χ0n) is 15.9. The van der Waals surface area contributed by atoms with Crippen molar-refractivity contribution in [1.82, 2.24) is 10.2 Å². The molecule has 1 saturated carbocycles. The van der Waals surface area contributed by atoms with E-state index in [-0.39, 0.29) is 24.3 Å². The molecule has 28 heavy (non-hydrogen) atoms. The predicted molar refractivity (Wildman–Crippen MR) is 106 cm³/mol. The van der Waals surface area contributed by atoms with Crippen molar-refractivity contribution in [2.75, 3.05) is 20.2 Å². The van der Waals surface area contributed by atoms with Crippen LogP contribution in [0.2, 0.25) is 0 Å². The largest absolute Gasteiger partial charge is 0.496 e. The highest BCUT2D eigenvalue weighted by Crippen LogP contribution is 2.27. The normalized spacial score (nSPS) is 20.4. The first-order valence-electron chi connectivity index (χ1n) is 9.61. The van der Waals surface area contributed by atoms with Crippen LogP contribution in [0.25, 0.3) is 0 Å². The monoisotopic (exact) mass is 452 g/mol. The number of methoxy groups -OCH3 is 1. The smallest absolute Gasteiger partial charge is 0.308 e. The van der Waals surface area contributed by atoms with Gasteiger partial charge in [-0.25, -0.2) is 0 Å². The molecule has 152 valence electrons. The first-order chi connectivity index (χ1) is 13.5. The minimum atomic E-state index is -0.863. The fourth-order valence-corrected chi connectivity index (χ4v) is 4.24. The second kappa shape index (κ2) is 9.41. The number of nitrogens with one attached hydrogen (secondary N) is 1. The number of carbonyl (C=O) groups is 3. The number of carbonyl (C=O) groups excluding carboxylic acids is 3. The van der Waals surface area contributed by atoms with Gasteiger partial charge in [0.15, 0.2) is 0 Å². The number of nitrogens with zero attached hydrogens (tertiary/aromatic N) is 1. The van der Waals surface area contributed by atoms with Gasteiger partial charge in [0, 0.05) is 18.7 Å². The van der Waals surface area contributed by atoms with Gasteiger partial charge in [0.25, 0.3) is 5.91 Å². The van der Waals surface area contributed by atoms with Crippen LogP contribution in [0, 0.1) is 0 Å². The van der Waals surface area contributed by atoms with E-state index >= 15 is 0 Å². The summed E-state index contributed by atoms with van der Waals surface area (Å²) in [6, 6.07) is 4.13. The fraction of sp³-hybridized carbons (Fsp3) is 0.550. The molecule has 8 heteroatoms. The maximum absolute atomic E-state index is 13.0. The van der Waals surface area contributed by atoms with Crippen LogP contribution in [-0.2, 0) is 14.3 Å². The molecule has 3 rings (SSSR count). The van der Waals surface area contributed by atoms with E-state index < -0.39 is 12.0 Å². The Morgan fingerprint density at radius 2 is 2.00 bits per heavy atom. The molecular formula is C20H25BrN2O5. The maximum Gasteiger partial charge on any atom is 0.308 e. The summed E-state index contributed by atoms with van der Waals surface area (Å²) in [7, 11) is 1.55. The number of ether oxygens (including phenoxy) is 2. The summed E-state index contributed by atoms with van der Waals surface area (Å²) >= 11 is 3.37. The Hall–Kier alpha value is -2.09. The van der Waals surface area contributed by atoms with Gasteiger partial charge in [-0.15, -0.1) is 0 Å². The molecule has 0 bridgehead atoms. The van der Waals surface area contributed by atoms with E-state index in [2.05, 4.69) is 21.2 Å². The van der Waals surface area contributed by atoms with Gasteiger partial charge in [-0.2, -0.15) is 0 Å². The summed E-state index contributed by atoms with van der Waals surface area (Å²) in [5, 5.41) is 2.74. The van der Waals surface area contributed by atoms with Crippen LogP contribution in [0.15, 0.2) is 22.7 Å². The van der Waals surface area contributed by atoms with E-state index in [1.807, 2.05) is 0 Å². The third kappa shape index (κ3) is 4.84. The molecule has 1 aliphatic carbocycles. The van der Waals surface area contributed by atoms with E-state index in [0.717, 1.165) is 25.7 Å². The molecule has 1 atom stereocenters. The molecule has 1 aromatic carbocycles. The molecule has 1 unspecified atom stereocenters. The van der Waals surface area contributed by atoms with Gasteiger partial charge in [-0.05, 0) is 59.8 Å². The number of hydrogen-bond acceptors (Lipinski definition) is 5. The van der Waals surface area contributed by atoms with Gasteiger partial charge in [-0.1, -0.05) is 6.42 Å². The van der Waals surface area contributed by atoms with Crippen molar-refractivity contribution in [1.29, 1.82) is 0 Å². The number of rotatable bonds is 5. The van der Waals surface area contributed by atoms with Crippen LogP contribution in [0.1, 0.15) is 48.9 Å². The first-order valence-corrected chi connectivity index (χ1v) is 10.4. The first kappa shape index (κ1) is 20.6. The van der Waals surface area contributed by atoms with Crippen molar-refractivity contribution in [3.05, 3.63) is 28.2 Å². The molecule has 0 aromatic heterocycles. The second-order valence-electron chi connectivity index (χ2n) is 7.11. The molecule has 2 aliphatic rings. The summed E-state index contributed by atoms with van der Waals surface area (Å²) in [5.74, 6) is -0.440. The Bertz CT molecular complexity index is 748. The Balaban J connectivity index is 1.70. The number of hydrogen-bond donors (Lipinski definition) is 1. The van der Waals surface area contributed by atoms with Crippen molar-refractivity contribution >= 4 is 33.7 Å². The predicted octanol–water partition coefficient (Wildman–Crippen LogP) is 2.66. The summed E-state index contributed by atoms with van der Waals surface area (Å²) in [5.41, 5.74) is 0.424. The minimum Gasteiger partial charge on any atom is -0.496 e. The average molecular weight is 453 g/mol. The van der Waals surface area contributed by atoms with Crippen LogP contribution in [0.3, 0.4) is 0 Å². The lowest BCUT2D eigenvalue weighted by atomic mass is 9.98. The number of amides is 2. The SMILES string of the molecule is COc1ccc(C(=O)N2CCNC(=O)C2CC(=O)OC2CCCCC2)cc1Br. The van der Waals surface area contributed by atoms with E-state index in [4.69, 9.17) is 9.47 Å². The van der Waals surface area contributed by atoms with Crippen molar-refractivity contribution < 1.29 is 23.9 Å². The van der Waals surface area contributed by atoms with E-state index in [0.29, 0.717) is 28.9 Å². The number of halogens is 1. The van der Waals surface area contributed by atoms with Gasteiger partial charge >= 0.3 is 5.97 Å². The minimum absolute atomic E-state index is 0.0744. The van der Waals surface area contributed by atoms with Crippen LogP contribution in [0.4, 0.5) is 0 Å².